The van der Waals surface area contributed by atoms with Crippen LogP contribution >= 0.6 is 15.9 Å². The molecule has 156 valence electrons. The summed E-state index contributed by atoms with van der Waals surface area (Å²) >= 11 is 3.44. The van der Waals surface area contributed by atoms with Crippen LogP contribution in [0, 0.1) is 5.92 Å². The number of halogens is 1. The van der Waals surface area contributed by atoms with Crippen LogP contribution in [0.25, 0.3) is 0 Å². The predicted octanol–water partition coefficient (Wildman–Crippen LogP) is 3.96. The Balaban J connectivity index is 1.31. The Labute approximate surface area is 177 Å². The van der Waals surface area contributed by atoms with Gasteiger partial charge in [0.2, 0.25) is 5.91 Å². The van der Waals surface area contributed by atoms with Crippen molar-refractivity contribution in [3.05, 3.63) is 28.7 Å². The molecule has 28 heavy (non-hydrogen) atoms. The zero-order valence-corrected chi connectivity index (χ0v) is 18.7. The molecule has 0 radical (unpaired) electrons. The molecule has 2 atom stereocenters. The molecule has 0 N–H and O–H groups in total. The van der Waals surface area contributed by atoms with E-state index in [1.807, 2.05) is 29.2 Å². The highest BCUT2D eigenvalue weighted by molar-refractivity contribution is 9.10. The molecule has 0 aromatic heterocycles. The Bertz CT molecular complexity index is 624. The smallest absolute Gasteiger partial charge is 0.222 e. The number of nitrogens with zero attached hydrogens (tertiary/aromatic N) is 2. The van der Waals surface area contributed by atoms with Crippen molar-refractivity contribution in [2.45, 2.75) is 51.7 Å². The third kappa shape index (κ3) is 6.75. The van der Waals surface area contributed by atoms with Crippen LogP contribution in [0.15, 0.2) is 28.7 Å². The Kier molecular flexibility index (Phi) is 8.18. The maximum Gasteiger partial charge on any atom is 0.222 e. The molecule has 2 unspecified atom stereocenters. The van der Waals surface area contributed by atoms with Crippen LogP contribution in [-0.2, 0) is 9.53 Å². The van der Waals surface area contributed by atoms with Gasteiger partial charge in [-0.1, -0.05) is 22.0 Å². The summed E-state index contributed by atoms with van der Waals surface area (Å²) in [4.78, 5) is 17.1. The van der Waals surface area contributed by atoms with Gasteiger partial charge in [-0.25, -0.2) is 0 Å². The third-order valence-corrected chi connectivity index (χ3v) is 6.07. The van der Waals surface area contributed by atoms with Gasteiger partial charge >= 0.3 is 0 Å². The van der Waals surface area contributed by atoms with Gasteiger partial charge in [0.05, 0.1) is 18.8 Å². The van der Waals surface area contributed by atoms with Crippen molar-refractivity contribution in [3.63, 3.8) is 0 Å². The van der Waals surface area contributed by atoms with E-state index in [1.54, 1.807) is 0 Å². The highest BCUT2D eigenvalue weighted by Crippen LogP contribution is 2.22. The van der Waals surface area contributed by atoms with Crippen molar-refractivity contribution >= 4 is 21.8 Å². The summed E-state index contributed by atoms with van der Waals surface area (Å²) < 4.78 is 12.6. The number of morpholine rings is 1. The van der Waals surface area contributed by atoms with E-state index in [9.17, 15) is 4.79 Å². The van der Waals surface area contributed by atoms with E-state index in [0.717, 1.165) is 62.2 Å². The Morgan fingerprint density at radius 1 is 1.21 bits per heavy atom. The second kappa shape index (κ2) is 10.6. The van der Waals surface area contributed by atoms with Gasteiger partial charge in [0.15, 0.2) is 0 Å². The molecule has 1 amide bonds. The van der Waals surface area contributed by atoms with Crippen molar-refractivity contribution < 1.29 is 14.3 Å². The second-order valence-corrected chi connectivity index (χ2v) is 9.13. The summed E-state index contributed by atoms with van der Waals surface area (Å²) in [5, 5.41) is 0. The van der Waals surface area contributed by atoms with Gasteiger partial charge in [-0.05, 0) is 57.2 Å². The lowest BCUT2D eigenvalue weighted by Crippen LogP contribution is -2.48. The highest BCUT2D eigenvalue weighted by atomic mass is 79.9. The van der Waals surface area contributed by atoms with Crippen LogP contribution in [0.4, 0.5) is 0 Å². The number of hydrogen-bond acceptors (Lipinski definition) is 4. The van der Waals surface area contributed by atoms with Crippen LogP contribution in [0.1, 0.15) is 39.5 Å². The number of ether oxygens (including phenoxy) is 2. The lowest BCUT2D eigenvalue weighted by Gasteiger charge is -2.39. The van der Waals surface area contributed by atoms with Gasteiger partial charge in [-0.15, -0.1) is 0 Å². The van der Waals surface area contributed by atoms with E-state index in [1.165, 1.54) is 0 Å². The number of benzene rings is 1. The highest BCUT2D eigenvalue weighted by Gasteiger charge is 2.27. The van der Waals surface area contributed by atoms with Crippen molar-refractivity contribution in [2.75, 3.05) is 39.3 Å². The van der Waals surface area contributed by atoms with Crippen molar-refractivity contribution in [1.82, 2.24) is 9.80 Å². The Hall–Kier alpha value is -1.11. The fraction of sp³-hybridized carbons (Fsp3) is 0.682. The summed E-state index contributed by atoms with van der Waals surface area (Å²) in [5.41, 5.74) is 0. The molecule has 1 aromatic rings. The van der Waals surface area contributed by atoms with E-state index in [0.29, 0.717) is 31.2 Å². The molecular weight excluding hydrogens is 420 g/mol. The first-order valence-electron chi connectivity index (χ1n) is 10.5. The molecule has 0 spiro atoms. The minimum absolute atomic E-state index is 0.268. The van der Waals surface area contributed by atoms with E-state index in [2.05, 4.69) is 34.7 Å². The number of carbonyl (C=O) groups excluding carboxylic acids is 1. The van der Waals surface area contributed by atoms with Crippen LogP contribution in [0.2, 0.25) is 0 Å². The fourth-order valence-electron chi connectivity index (χ4n) is 4.29. The number of likely N-dealkylation sites (tertiary alicyclic amines) is 1. The summed E-state index contributed by atoms with van der Waals surface area (Å²) in [5.74, 6) is 1.81. The van der Waals surface area contributed by atoms with E-state index < -0.39 is 0 Å². The maximum atomic E-state index is 12.5. The number of hydrogen-bond donors (Lipinski definition) is 0. The molecule has 2 fully saturated rings. The molecular formula is C22H33BrN2O3. The average Bonchev–Trinajstić information content (AvgIpc) is 2.65. The lowest BCUT2D eigenvalue weighted by atomic mass is 9.95. The summed E-state index contributed by atoms with van der Waals surface area (Å²) in [6, 6.07) is 7.81. The molecule has 0 bridgehead atoms. The van der Waals surface area contributed by atoms with Gasteiger partial charge in [0.25, 0.3) is 0 Å². The third-order valence-electron chi connectivity index (χ3n) is 5.58. The van der Waals surface area contributed by atoms with Gasteiger partial charge in [-0.3, -0.25) is 9.69 Å². The van der Waals surface area contributed by atoms with Gasteiger partial charge in [0, 0.05) is 43.6 Å². The van der Waals surface area contributed by atoms with Crippen LogP contribution < -0.4 is 4.74 Å². The molecule has 1 aromatic carbocycles. The van der Waals surface area contributed by atoms with Gasteiger partial charge in [0.1, 0.15) is 5.75 Å². The van der Waals surface area contributed by atoms with E-state index in [-0.39, 0.29) is 5.91 Å². The Morgan fingerprint density at radius 3 is 2.61 bits per heavy atom. The van der Waals surface area contributed by atoms with Crippen LogP contribution in [0.5, 0.6) is 5.75 Å². The maximum absolute atomic E-state index is 12.5. The first kappa shape index (κ1) is 21.6. The second-order valence-electron chi connectivity index (χ2n) is 8.21. The normalized spacial score (nSPS) is 24.3. The lowest BCUT2D eigenvalue weighted by molar-refractivity contribution is -0.133. The monoisotopic (exact) mass is 452 g/mol. The number of amides is 1. The Morgan fingerprint density at radius 2 is 1.93 bits per heavy atom. The molecule has 3 rings (SSSR count). The molecule has 2 aliphatic rings. The number of piperidine rings is 1. The van der Waals surface area contributed by atoms with Gasteiger partial charge < -0.3 is 14.4 Å². The van der Waals surface area contributed by atoms with Crippen LogP contribution in [0.3, 0.4) is 0 Å². The van der Waals surface area contributed by atoms with Gasteiger partial charge in [-0.2, -0.15) is 0 Å². The molecule has 0 saturated carbocycles. The zero-order valence-electron chi connectivity index (χ0n) is 17.1. The molecule has 5 nitrogen and oxygen atoms in total. The predicted molar refractivity (Wildman–Crippen MR) is 115 cm³/mol. The molecule has 2 aliphatic heterocycles. The largest absolute Gasteiger partial charge is 0.494 e. The first-order chi connectivity index (χ1) is 13.5. The molecule has 2 heterocycles. The summed E-state index contributed by atoms with van der Waals surface area (Å²) in [6.45, 7) is 9.88. The first-order valence-corrected chi connectivity index (χ1v) is 11.3. The SMILES string of the molecule is CC1CN(CC2CCN(C(=O)CCCOc3cccc(Br)c3)CC2)CC(C)O1. The number of carbonyl (C=O) groups is 1. The van der Waals surface area contributed by atoms with E-state index >= 15 is 0 Å². The summed E-state index contributed by atoms with van der Waals surface area (Å²) in [7, 11) is 0. The average molecular weight is 453 g/mol. The molecule has 2 saturated heterocycles. The summed E-state index contributed by atoms with van der Waals surface area (Å²) in [6.07, 6.45) is 4.20. The minimum Gasteiger partial charge on any atom is -0.494 e. The van der Waals surface area contributed by atoms with Crippen molar-refractivity contribution in [1.29, 1.82) is 0 Å². The van der Waals surface area contributed by atoms with Crippen molar-refractivity contribution in [2.24, 2.45) is 5.92 Å². The van der Waals surface area contributed by atoms with Crippen molar-refractivity contribution in [3.8, 4) is 5.75 Å². The number of rotatable bonds is 7. The quantitative estimate of drug-likeness (QED) is 0.587. The fourth-order valence-corrected chi connectivity index (χ4v) is 4.67. The molecule has 6 heteroatoms. The minimum atomic E-state index is 0.268. The molecule has 0 aliphatic carbocycles. The van der Waals surface area contributed by atoms with E-state index in [4.69, 9.17) is 9.47 Å². The zero-order chi connectivity index (χ0) is 19.9. The standard InChI is InChI=1S/C22H33BrN2O3/c1-17-14-24(15-18(2)28-17)16-19-8-10-25(11-9-19)22(26)7-4-12-27-21-6-3-5-20(23)13-21/h3,5-6,13,17-19H,4,7-12,14-16H2,1-2H3. The topological polar surface area (TPSA) is 42.0 Å². The van der Waals surface area contributed by atoms with Crippen LogP contribution in [-0.4, -0.2) is 67.2 Å².